The van der Waals surface area contributed by atoms with Crippen LogP contribution in [0.1, 0.15) is 25.1 Å². The number of aromatic nitrogens is 2. The first-order chi connectivity index (χ1) is 12.5. The van der Waals surface area contributed by atoms with Crippen LogP contribution in [0, 0.1) is 0 Å². The molecule has 1 atom stereocenters. The molecule has 1 amide bonds. The lowest BCUT2D eigenvalue weighted by atomic mass is 10.1. The lowest BCUT2D eigenvalue weighted by Gasteiger charge is -2.17. The summed E-state index contributed by atoms with van der Waals surface area (Å²) in [5, 5.41) is 0.633. The van der Waals surface area contributed by atoms with Gasteiger partial charge in [0.2, 0.25) is 5.91 Å². The number of carbonyl (C=O) groups excluding carboxylic acids is 1. The van der Waals surface area contributed by atoms with Crippen LogP contribution in [-0.2, 0) is 11.3 Å². The highest BCUT2D eigenvalue weighted by molar-refractivity contribution is 6.30. The summed E-state index contributed by atoms with van der Waals surface area (Å²) in [5.74, 6) is 1.10. The van der Waals surface area contributed by atoms with Gasteiger partial charge in [0.05, 0.1) is 11.0 Å². The average Bonchev–Trinajstić information content (AvgIpc) is 3.16. The fourth-order valence-corrected chi connectivity index (χ4v) is 3.80. The summed E-state index contributed by atoms with van der Waals surface area (Å²) in [6.07, 6.45) is 0.450. The summed E-state index contributed by atoms with van der Waals surface area (Å²) in [7, 11) is 0. The lowest BCUT2D eigenvalue weighted by molar-refractivity contribution is -0.117. The number of anilines is 1. The number of imidazole rings is 1. The summed E-state index contributed by atoms with van der Waals surface area (Å²) in [4.78, 5) is 19.3. The second-order valence-electron chi connectivity index (χ2n) is 6.89. The summed E-state index contributed by atoms with van der Waals surface area (Å²) in [5.41, 5.74) is 3.94. The maximum absolute atomic E-state index is 12.6. The van der Waals surface area contributed by atoms with Crippen LogP contribution in [-0.4, -0.2) is 22.0 Å². The Morgan fingerprint density at radius 1 is 1.27 bits per heavy atom. The molecule has 26 heavy (non-hydrogen) atoms. The van der Waals surface area contributed by atoms with Crippen molar-refractivity contribution in [2.45, 2.75) is 25.8 Å². The Bertz CT molecular complexity index is 1010. The van der Waals surface area contributed by atoms with Crippen LogP contribution in [0.5, 0.6) is 0 Å². The van der Waals surface area contributed by atoms with Crippen LogP contribution in [0.25, 0.3) is 11.0 Å². The fourth-order valence-electron chi connectivity index (χ4n) is 3.62. The van der Waals surface area contributed by atoms with Crippen molar-refractivity contribution in [3.63, 3.8) is 0 Å². The molecule has 0 unspecified atom stereocenters. The van der Waals surface area contributed by atoms with Gasteiger partial charge in [0.15, 0.2) is 0 Å². The van der Waals surface area contributed by atoms with Crippen LogP contribution in [0.2, 0.25) is 5.02 Å². The van der Waals surface area contributed by atoms with E-state index in [4.69, 9.17) is 16.6 Å². The van der Waals surface area contributed by atoms with E-state index in [1.54, 1.807) is 4.90 Å². The summed E-state index contributed by atoms with van der Waals surface area (Å²) in [6, 6.07) is 15.5. The molecule has 3 aromatic rings. The molecule has 0 saturated carbocycles. The highest BCUT2D eigenvalue weighted by Crippen LogP contribution is 2.34. The SMILES string of the molecule is C=C(C)Cn1c([C@@H]2CC(=O)N(c3cccc(Cl)c3)C2)nc2ccccc21. The molecular formula is C21H20ClN3O. The predicted octanol–water partition coefficient (Wildman–Crippen LogP) is 4.79. The van der Waals surface area contributed by atoms with Crippen molar-refractivity contribution >= 4 is 34.2 Å². The number of benzene rings is 2. The van der Waals surface area contributed by atoms with Gasteiger partial charge < -0.3 is 9.47 Å². The monoisotopic (exact) mass is 365 g/mol. The van der Waals surface area contributed by atoms with Gasteiger partial charge in [-0.15, -0.1) is 0 Å². The van der Waals surface area contributed by atoms with Crippen LogP contribution in [0.4, 0.5) is 5.69 Å². The lowest BCUT2D eigenvalue weighted by Crippen LogP contribution is -2.24. The number of carbonyl (C=O) groups is 1. The minimum Gasteiger partial charge on any atom is -0.324 e. The topological polar surface area (TPSA) is 38.1 Å². The highest BCUT2D eigenvalue weighted by atomic mass is 35.5. The Kier molecular flexibility index (Phi) is 4.29. The van der Waals surface area contributed by atoms with Crippen molar-refractivity contribution in [3.8, 4) is 0 Å². The van der Waals surface area contributed by atoms with Crippen LogP contribution >= 0.6 is 11.6 Å². The predicted molar refractivity (Wildman–Crippen MR) is 106 cm³/mol. The zero-order valence-corrected chi connectivity index (χ0v) is 15.4. The first-order valence-electron chi connectivity index (χ1n) is 8.68. The van der Waals surface area contributed by atoms with Crippen molar-refractivity contribution in [2.75, 3.05) is 11.4 Å². The quantitative estimate of drug-likeness (QED) is 0.623. The van der Waals surface area contributed by atoms with Crippen LogP contribution < -0.4 is 4.90 Å². The molecule has 4 rings (SSSR count). The second-order valence-corrected chi connectivity index (χ2v) is 7.32. The van der Waals surface area contributed by atoms with Gasteiger partial charge >= 0.3 is 0 Å². The van der Waals surface area contributed by atoms with Gasteiger partial charge in [0.25, 0.3) is 0 Å². The molecule has 0 N–H and O–H groups in total. The highest BCUT2D eigenvalue weighted by Gasteiger charge is 2.34. The maximum Gasteiger partial charge on any atom is 0.227 e. The van der Waals surface area contributed by atoms with E-state index in [0.717, 1.165) is 28.1 Å². The number of nitrogens with zero attached hydrogens (tertiary/aromatic N) is 3. The van der Waals surface area contributed by atoms with Crippen molar-refractivity contribution in [3.05, 3.63) is 71.5 Å². The van der Waals surface area contributed by atoms with E-state index in [2.05, 4.69) is 17.2 Å². The number of rotatable bonds is 4. The Morgan fingerprint density at radius 2 is 2.08 bits per heavy atom. The van der Waals surface area contributed by atoms with E-state index in [1.807, 2.05) is 49.4 Å². The van der Waals surface area contributed by atoms with Crippen molar-refractivity contribution in [1.82, 2.24) is 9.55 Å². The molecular weight excluding hydrogens is 346 g/mol. The molecule has 1 saturated heterocycles. The van der Waals surface area contributed by atoms with Gasteiger partial charge in [-0.3, -0.25) is 4.79 Å². The van der Waals surface area contributed by atoms with Gasteiger partial charge in [0.1, 0.15) is 5.82 Å². The minimum absolute atomic E-state index is 0.0493. The van der Waals surface area contributed by atoms with E-state index in [1.165, 1.54) is 0 Å². The number of hydrogen-bond donors (Lipinski definition) is 0. The minimum atomic E-state index is 0.0493. The number of hydrogen-bond acceptors (Lipinski definition) is 2. The molecule has 5 heteroatoms. The molecule has 4 nitrogen and oxygen atoms in total. The smallest absolute Gasteiger partial charge is 0.227 e. The zero-order chi connectivity index (χ0) is 18.3. The average molecular weight is 366 g/mol. The molecule has 2 aromatic carbocycles. The molecule has 0 radical (unpaired) electrons. The molecule has 0 spiro atoms. The largest absolute Gasteiger partial charge is 0.324 e. The van der Waals surface area contributed by atoms with Gasteiger partial charge in [0, 0.05) is 36.1 Å². The Hall–Kier alpha value is -2.59. The standard InChI is InChI=1S/C21H20ClN3O/c1-14(2)12-25-19-9-4-3-8-18(19)23-21(25)15-10-20(26)24(13-15)17-7-5-6-16(22)11-17/h3-9,11,15H,1,10,12-13H2,2H3/t15-/m1/s1. The number of halogens is 1. The van der Waals surface area contributed by atoms with Crippen molar-refractivity contribution in [1.29, 1.82) is 0 Å². The van der Waals surface area contributed by atoms with Crippen molar-refractivity contribution in [2.24, 2.45) is 0 Å². The van der Waals surface area contributed by atoms with Gasteiger partial charge in [-0.1, -0.05) is 42.0 Å². The maximum atomic E-state index is 12.6. The van der Waals surface area contributed by atoms with Crippen LogP contribution in [0.15, 0.2) is 60.7 Å². The third-order valence-corrected chi connectivity index (χ3v) is 4.96. The molecule has 1 aliphatic rings. The summed E-state index contributed by atoms with van der Waals surface area (Å²) >= 11 is 6.10. The van der Waals surface area contributed by atoms with Crippen LogP contribution in [0.3, 0.4) is 0 Å². The summed E-state index contributed by atoms with van der Waals surface area (Å²) in [6.45, 7) is 7.38. The number of fused-ring (bicyclic) bond motifs is 1. The van der Waals surface area contributed by atoms with Gasteiger partial charge in [-0.2, -0.15) is 0 Å². The van der Waals surface area contributed by atoms with E-state index in [0.29, 0.717) is 24.5 Å². The molecule has 2 heterocycles. The first-order valence-corrected chi connectivity index (χ1v) is 9.06. The molecule has 132 valence electrons. The Morgan fingerprint density at radius 3 is 2.85 bits per heavy atom. The molecule has 0 aliphatic carbocycles. The normalized spacial score (nSPS) is 17.2. The number of allylic oxidation sites excluding steroid dienone is 1. The molecule has 0 bridgehead atoms. The fraction of sp³-hybridized carbons (Fsp3) is 0.238. The molecule has 1 aliphatic heterocycles. The van der Waals surface area contributed by atoms with E-state index in [-0.39, 0.29) is 11.8 Å². The van der Waals surface area contributed by atoms with E-state index in [9.17, 15) is 4.79 Å². The number of amides is 1. The Balaban J connectivity index is 1.72. The van der Waals surface area contributed by atoms with E-state index >= 15 is 0 Å². The third kappa shape index (κ3) is 3.01. The molecule has 1 aromatic heterocycles. The van der Waals surface area contributed by atoms with E-state index < -0.39 is 0 Å². The summed E-state index contributed by atoms with van der Waals surface area (Å²) < 4.78 is 2.19. The second kappa shape index (κ2) is 6.61. The first kappa shape index (κ1) is 16.9. The third-order valence-electron chi connectivity index (χ3n) is 4.72. The Labute approximate surface area is 157 Å². The van der Waals surface area contributed by atoms with Gasteiger partial charge in [-0.05, 0) is 37.3 Å². The molecule has 1 fully saturated rings. The zero-order valence-electron chi connectivity index (χ0n) is 14.7. The number of para-hydroxylation sites is 2. The van der Waals surface area contributed by atoms with Crippen molar-refractivity contribution < 1.29 is 4.79 Å². The van der Waals surface area contributed by atoms with Gasteiger partial charge in [-0.25, -0.2) is 4.98 Å².